The lowest BCUT2D eigenvalue weighted by atomic mass is 10.0. The molecule has 0 radical (unpaired) electrons. The standard InChI is InChI=1S/C22H23NO6/c1-15(24)29-23-18-12-19-20(14-26-21(27-19)17-10-6-3-7-11-17)28-22(18)25-13-16-8-4-2-5-9-16/h2-11,19-22H,12-14H2,1H3/b23-18+/t19-,20+,21?,22-/m0/s1. The number of hydrogen-bond donors (Lipinski definition) is 0. The molecule has 4 atom stereocenters. The van der Waals surface area contributed by atoms with Gasteiger partial charge in [-0.15, -0.1) is 0 Å². The summed E-state index contributed by atoms with van der Waals surface area (Å²) in [5.41, 5.74) is 2.42. The minimum Gasteiger partial charge on any atom is -0.346 e. The number of nitrogens with zero attached hydrogens (tertiary/aromatic N) is 1. The summed E-state index contributed by atoms with van der Waals surface area (Å²) in [5.74, 6) is -0.503. The predicted molar refractivity (Wildman–Crippen MR) is 104 cm³/mol. The predicted octanol–water partition coefficient (Wildman–Crippen LogP) is 3.35. The second-order valence-corrected chi connectivity index (χ2v) is 6.92. The van der Waals surface area contributed by atoms with E-state index >= 15 is 0 Å². The Morgan fingerprint density at radius 1 is 1.03 bits per heavy atom. The van der Waals surface area contributed by atoms with Gasteiger partial charge in [0.25, 0.3) is 0 Å². The first-order chi connectivity index (χ1) is 14.2. The van der Waals surface area contributed by atoms with Crippen LogP contribution in [0.1, 0.15) is 30.8 Å². The third-order valence-electron chi connectivity index (χ3n) is 4.71. The SMILES string of the molecule is CC(=O)O/N=C1\C[C@@H]2OC(c3ccccc3)OC[C@H]2O[C@@H]1OCc1ccccc1. The Kier molecular flexibility index (Phi) is 6.31. The van der Waals surface area contributed by atoms with Gasteiger partial charge in [-0.25, -0.2) is 4.79 Å². The summed E-state index contributed by atoms with van der Waals surface area (Å²) in [6, 6.07) is 19.5. The van der Waals surface area contributed by atoms with Crippen LogP contribution in [0.5, 0.6) is 0 Å². The van der Waals surface area contributed by atoms with Crippen LogP contribution >= 0.6 is 0 Å². The lowest BCUT2D eigenvalue weighted by Gasteiger charge is -2.41. The van der Waals surface area contributed by atoms with E-state index in [0.717, 1.165) is 11.1 Å². The third-order valence-corrected chi connectivity index (χ3v) is 4.71. The van der Waals surface area contributed by atoms with Crippen LogP contribution in [0.2, 0.25) is 0 Å². The molecule has 0 aliphatic carbocycles. The van der Waals surface area contributed by atoms with Gasteiger partial charge in [0.05, 0.1) is 19.3 Å². The van der Waals surface area contributed by atoms with Crippen LogP contribution in [0, 0.1) is 0 Å². The zero-order valence-electron chi connectivity index (χ0n) is 16.1. The fourth-order valence-electron chi connectivity index (χ4n) is 3.29. The first kappa shape index (κ1) is 19.7. The van der Waals surface area contributed by atoms with Gasteiger partial charge >= 0.3 is 5.97 Å². The van der Waals surface area contributed by atoms with Crippen molar-refractivity contribution in [2.24, 2.45) is 5.16 Å². The topological polar surface area (TPSA) is 75.6 Å². The van der Waals surface area contributed by atoms with Gasteiger partial charge < -0.3 is 23.8 Å². The summed E-state index contributed by atoms with van der Waals surface area (Å²) in [6.07, 6.45) is -1.37. The van der Waals surface area contributed by atoms with Gasteiger partial charge in [-0.3, -0.25) is 0 Å². The number of ether oxygens (including phenoxy) is 4. The number of fused-ring (bicyclic) bond motifs is 1. The van der Waals surface area contributed by atoms with Crippen LogP contribution in [-0.2, 0) is 35.2 Å². The Bertz CT molecular complexity index is 841. The van der Waals surface area contributed by atoms with Crippen molar-refractivity contribution in [3.8, 4) is 0 Å². The molecular formula is C22H23NO6. The first-order valence-electron chi connectivity index (χ1n) is 9.56. The van der Waals surface area contributed by atoms with Crippen molar-refractivity contribution in [3.63, 3.8) is 0 Å². The molecule has 0 amide bonds. The van der Waals surface area contributed by atoms with Crippen molar-refractivity contribution in [2.75, 3.05) is 6.61 Å². The summed E-state index contributed by atoms with van der Waals surface area (Å²) < 4.78 is 23.9. The first-order valence-corrected chi connectivity index (χ1v) is 9.56. The molecule has 7 heteroatoms. The van der Waals surface area contributed by atoms with Gasteiger partial charge in [0.2, 0.25) is 6.29 Å². The average molecular weight is 397 g/mol. The molecule has 2 fully saturated rings. The lowest BCUT2D eigenvalue weighted by molar-refractivity contribution is -0.294. The van der Waals surface area contributed by atoms with Crippen LogP contribution in [0.25, 0.3) is 0 Å². The quantitative estimate of drug-likeness (QED) is 0.569. The van der Waals surface area contributed by atoms with Crippen molar-refractivity contribution < 1.29 is 28.6 Å². The van der Waals surface area contributed by atoms with E-state index in [0.29, 0.717) is 25.3 Å². The monoisotopic (exact) mass is 397 g/mol. The molecule has 0 N–H and O–H groups in total. The smallest absolute Gasteiger partial charge is 0.331 e. The van der Waals surface area contributed by atoms with Gasteiger partial charge in [-0.1, -0.05) is 65.8 Å². The van der Waals surface area contributed by atoms with Gasteiger partial charge in [0, 0.05) is 18.9 Å². The molecule has 7 nitrogen and oxygen atoms in total. The fourth-order valence-corrected chi connectivity index (χ4v) is 3.29. The molecule has 2 aromatic rings. The number of benzene rings is 2. The minimum absolute atomic E-state index is 0.278. The van der Waals surface area contributed by atoms with Crippen LogP contribution in [0.3, 0.4) is 0 Å². The molecule has 2 aliphatic rings. The van der Waals surface area contributed by atoms with Gasteiger partial charge in [0.1, 0.15) is 11.8 Å². The van der Waals surface area contributed by atoms with Crippen molar-refractivity contribution in [1.29, 1.82) is 0 Å². The Labute approximate surface area is 169 Å². The largest absolute Gasteiger partial charge is 0.346 e. The van der Waals surface area contributed by atoms with Crippen LogP contribution in [0.15, 0.2) is 65.8 Å². The summed E-state index contributed by atoms with van der Waals surface area (Å²) in [4.78, 5) is 16.1. The molecular weight excluding hydrogens is 374 g/mol. The van der Waals surface area contributed by atoms with E-state index in [1.807, 2.05) is 60.7 Å². The molecule has 152 valence electrons. The molecule has 29 heavy (non-hydrogen) atoms. The summed E-state index contributed by atoms with van der Waals surface area (Å²) >= 11 is 0. The highest BCUT2D eigenvalue weighted by atomic mass is 16.7. The number of carbonyl (C=O) groups excluding carboxylic acids is 1. The molecule has 2 aliphatic heterocycles. The summed E-state index contributed by atoms with van der Waals surface area (Å²) in [5, 5.41) is 3.96. The maximum atomic E-state index is 11.2. The molecule has 2 saturated heterocycles. The summed E-state index contributed by atoms with van der Waals surface area (Å²) in [7, 11) is 0. The highest BCUT2D eigenvalue weighted by Crippen LogP contribution is 2.33. The maximum Gasteiger partial charge on any atom is 0.331 e. The number of hydrogen-bond acceptors (Lipinski definition) is 7. The Morgan fingerprint density at radius 3 is 2.48 bits per heavy atom. The Hall–Kier alpha value is -2.58. The second kappa shape index (κ2) is 9.28. The molecule has 2 aromatic carbocycles. The Morgan fingerprint density at radius 2 is 1.76 bits per heavy atom. The van der Waals surface area contributed by atoms with E-state index in [2.05, 4.69) is 5.16 Å². The minimum atomic E-state index is -0.740. The van der Waals surface area contributed by atoms with E-state index in [1.165, 1.54) is 6.92 Å². The second-order valence-electron chi connectivity index (χ2n) is 6.92. The molecule has 0 spiro atoms. The van der Waals surface area contributed by atoms with Crippen LogP contribution in [0.4, 0.5) is 0 Å². The third kappa shape index (κ3) is 5.07. The molecule has 0 saturated carbocycles. The number of rotatable bonds is 5. The highest BCUT2D eigenvalue weighted by molar-refractivity contribution is 5.89. The van der Waals surface area contributed by atoms with Crippen LogP contribution < -0.4 is 0 Å². The van der Waals surface area contributed by atoms with Gasteiger partial charge in [-0.05, 0) is 5.56 Å². The van der Waals surface area contributed by atoms with E-state index < -0.39 is 18.5 Å². The van der Waals surface area contributed by atoms with Gasteiger partial charge in [0.15, 0.2) is 6.29 Å². The molecule has 2 heterocycles. The van der Waals surface area contributed by atoms with E-state index in [-0.39, 0.29) is 12.2 Å². The van der Waals surface area contributed by atoms with Crippen molar-refractivity contribution in [1.82, 2.24) is 0 Å². The maximum absolute atomic E-state index is 11.2. The average Bonchev–Trinajstić information content (AvgIpc) is 2.77. The van der Waals surface area contributed by atoms with Crippen LogP contribution in [-0.4, -0.2) is 36.8 Å². The number of carbonyl (C=O) groups is 1. The fraction of sp³-hybridized carbons (Fsp3) is 0.364. The zero-order chi connectivity index (χ0) is 20.1. The summed E-state index contributed by atoms with van der Waals surface area (Å²) in [6.45, 7) is 2.01. The Balaban J connectivity index is 1.45. The molecule has 0 bridgehead atoms. The van der Waals surface area contributed by atoms with Crippen molar-refractivity contribution >= 4 is 11.7 Å². The number of oxime groups is 1. The van der Waals surface area contributed by atoms with E-state index in [9.17, 15) is 4.79 Å². The normalized spacial score (nSPS) is 28.0. The van der Waals surface area contributed by atoms with Crippen molar-refractivity contribution in [2.45, 2.75) is 44.7 Å². The van der Waals surface area contributed by atoms with E-state index in [4.69, 9.17) is 23.8 Å². The molecule has 1 unspecified atom stereocenters. The zero-order valence-corrected chi connectivity index (χ0v) is 16.1. The molecule has 0 aromatic heterocycles. The highest BCUT2D eigenvalue weighted by Gasteiger charge is 2.42. The molecule has 4 rings (SSSR count). The van der Waals surface area contributed by atoms with E-state index in [1.54, 1.807) is 0 Å². The van der Waals surface area contributed by atoms with Gasteiger partial charge in [-0.2, -0.15) is 0 Å². The lowest BCUT2D eigenvalue weighted by Crippen LogP contribution is -2.52. The van der Waals surface area contributed by atoms with Crippen molar-refractivity contribution in [3.05, 3.63) is 71.8 Å².